The Morgan fingerprint density at radius 1 is 1.08 bits per heavy atom. The summed E-state index contributed by atoms with van der Waals surface area (Å²) in [7, 11) is 1.61. The van der Waals surface area contributed by atoms with Crippen molar-refractivity contribution in [2.75, 3.05) is 7.11 Å². The minimum absolute atomic E-state index is 0.206. The Kier molecular flexibility index (Phi) is 5.67. The van der Waals surface area contributed by atoms with Crippen molar-refractivity contribution in [3.63, 3.8) is 0 Å². The second kappa shape index (κ2) is 7.96. The molecule has 6 heteroatoms. The predicted octanol–water partition coefficient (Wildman–Crippen LogP) is 4.29. The molecule has 1 atom stereocenters. The molecule has 2 aromatic carbocycles. The van der Waals surface area contributed by atoms with E-state index in [2.05, 4.69) is 0 Å². The van der Waals surface area contributed by atoms with Crippen LogP contribution >= 0.6 is 23.2 Å². The van der Waals surface area contributed by atoms with Gasteiger partial charge in [0.05, 0.1) is 13.7 Å². The van der Waals surface area contributed by atoms with Crippen LogP contribution in [0.5, 0.6) is 5.75 Å². The smallest absolute Gasteiger partial charge is 0.187 e. The van der Waals surface area contributed by atoms with Crippen molar-refractivity contribution >= 4 is 23.2 Å². The number of halogens is 2. The number of aromatic nitrogens is 1. The van der Waals surface area contributed by atoms with E-state index in [0.29, 0.717) is 22.2 Å². The van der Waals surface area contributed by atoms with E-state index < -0.39 is 6.10 Å². The topological polar surface area (TPSA) is 51.5 Å². The van der Waals surface area contributed by atoms with E-state index >= 15 is 0 Å². The number of rotatable bonds is 5. The van der Waals surface area contributed by atoms with Gasteiger partial charge in [-0.15, -0.1) is 0 Å². The summed E-state index contributed by atoms with van der Waals surface area (Å²) in [6.07, 6.45) is 2.06. The predicted molar refractivity (Wildman–Crippen MR) is 103 cm³/mol. The van der Waals surface area contributed by atoms with Crippen molar-refractivity contribution in [1.29, 1.82) is 0 Å². The summed E-state index contributed by atoms with van der Waals surface area (Å²) in [6.45, 7) is 0.486. The third-order valence-electron chi connectivity index (χ3n) is 4.12. The van der Waals surface area contributed by atoms with Crippen molar-refractivity contribution in [1.82, 2.24) is 4.57 Å². The van der Waals surface area contributed by atoms with E-state index in [0.717, 1.165) is 11.3 Å². The number of nitrogens with zero attached hydrogens (tertiary/aromatic N) is 1. The second-order valence-electron chi connectivity index (χ2n) is 5.79. The lowest BCUT2D eigenvalue weighted by atomic mass is 10.0. The molecule has 0 spiro atoms. The summed E-state index contributed by atoms with van der Waals surface area (Å²) in [4.78, 5) is 12.3. The molecule has 4 nitrogen and oxygen atoms in total. The van der Waals surface area contributed by atoms with E-state index in [1.54, 1.807) is 37.7 Å². The minimum atomic E-state index is -1.21. The van der Waals surface area contributed by atoms with Crippen LogP contribution in [0.2, 0.25) is 10.0 Å². The lowest BCUT2D eigenvalue weighted by Crippen LogP contribution is -2.17. The maximum absolute atomic E-state index is 12.3. The van der Waals surface area contributed by atoms with Gasteiger partial charge in [0.1, 0.15) is 11.9 Å². The molecule has 1 N–H and O–H groups in total. The van der Waals surface area contributed by atoms with Gasteiger partial charge in [-0.25, -0.2) is 0 Å². The first-order valence-corrected chi connectivity index (χ1v) is 8.70. The number of para-hydroxylation sites is 1. The van der Waals surface area contributed by atoms with E-state index in [4.69, 9.17) is 27.9 Å². The van der Waals surface area contributed by atoms with Gasteiger partial charge in [0.25, 0.3) is 0 Å². The summed E-state index contributed by atoms with van der Waals surface area (Å²) >= 11 is 12.3. The molecular formula is C20H17Cl2NO3. The first-order valence-electron chi connectivity index (χ1n) is 7.95. The number of methoxy groups -OCH3 is 1. The van der Waals surface area contributed by atoms with Gasteiger partial charge in [-0.05, 0) is 18.2 Å². The van der Waals surface area contributed by atoms with Crippen LogP contribution in [-0.2, 0) is 6.54 Å². The molecule has 3 aromatic rings. The number of hydrogen-bond acceptors (Lipinski definition) is 3. The number of hydrogen-bond donors (Lipinski definition) is 1. The van der Waals surface area contributed by atoms with Gasteiger partial charge in [0.2, 0.25) is 0 Å². The van der Waals surface area contributed by atoms with Gasteiger partial charge in [-0.2, -0.15) is 0 Å². The number of benzene rings is 2. The van der Waals surface area contributed by atoms with Crippen LogP contribution in [0.3, 0.4) is 0 Å². The standard InChI is InChI=1S/C20H17Cl2NO3/c1-26-18-8-3-2-5-13(18)11-23-10-9-17(24)14(12-23)20(25)19-15(21)6-4-7-16(19)22/h2-10,12,20,25H,11H2,1H3. The first-order chi connectivity index (χ1) is 12.5. The Morgan fingerprint density at radius 3 is 2.46 bits per heavy atom. The van der Waals surface area contributed by atoms with Crippen LogP contribution in [0.4, 0.5) is 0 Å². The number of aliphatic hydroxyl groups excluding tert-OH is 1. The number of ether oxygens (including phenoxy) is 1. The van der Waals surface area contributed by atoms with Gasteiger partial charge in [0.15, 0.2) is 5.43 Å². The highest BCUT2D eigenvalue weighted by Gasteiger charge is 2.20. The summed E-state index contributed by atoms with van der Waals surface area (Å²) in [5.41, 5.74) is 1.19. The molecule has 134 valence electrons. The van der Waals surface area contributed by atoms with Crippen molar-refractivity contribution in [3.05, 3.63) is 97.9 Å². The fraction of sp³-hybridized carbons (Fsp3) is 0.150. The minimum Gasteiger partial charge on any atom is -0.496 e. The maximum atomic E-state index is 12.3. The molecule has 0 amide bonds. The van der Waals surface area contributed by atoms with E-state index in [1.165, 1.54) is 6.07 Å². The van der Waals surface area contributed by atoms with Crippen LogP contribution in [0, 0.1) is 0 Å². The molecule has 1 unspecified atom stereocenters. The van der Waals surface area contributed by atoms with Crippen molar-refractivity contribution in [2.45, 2.75) is 12.6 Å². The quantitative estimate of drug-likeness (QED) is 0.707. The molecule has 0 fully saturated rings. The maximum Gasteiger partial charge on any atom is 0.187 e. The third kappa shape index (κ3) is 3.78. The van der Waals surface area contributed by atoms with Crippen LogP contribution in [0.25, 0.3) is 0 Å². The molecule has 1 heterocycles. The molecule has 0 saturated carbocycles. The van der Waals surface area contributed by atoms with Crippen LogP contribution in [-0.4, -0.2) is 16.8 Å². The summed E-state index contributed by atoms with van der Waals surface area (Å²) in [5.74, 6) is 0.752. The van der Waals surface area contributed by atoms with Gasteiger partial charge < -0.3 is 14.4 Å². The highest BCUT2D eigenvalue weighted by Crippen LogP contribution is 2.33. The largest absolute Gasteiger partial charge is 0.496 e. The van der Waals surface area contributed by atoms with Crippen molar-refractivity contribution in [3.8, 4) is 5.75 Å². The van der Waals surface area contributed by atoms with Crippen molar-refractivity contribution < 1.29 is 9.84 Å². The van der Waals surface area contributed by atoms with E-state index in [1.807, 2.05) is 28.8 Å². The number of aliphatic hydroxyl groups is 1. The highest BCUT2D eigenvalue weighted by molar-refractivity contribution is 6.36. The zero-order chi connectivity index (χ0) is 18.7. The van der Waals surface area contributed by atoms with Crippen molar-refractivity contribution in [2.24, 2.45) is 0 Å². The molecule has 0 saturated heterocycles. The summed E-state index contributed by atoms with van der Waals surface area (Å²) < 4.78 is 7.17. The fourth-order valence-corrected chi connectivity index (χ4v) is 3.41. The monoisotopic (exact) mass is 389 g/mol. The zero-order valence-corrected chi connectivity index (χ0v) is 15.5. The zero-order valence-electron chi connectivity index (χ0n) is 14.0. The Balaban J connectivity index is 1.99. The highest BCUT2D eigenvalue weighted by atomic mass is 35.5. The van der Waals surface area contributed by atoms with Gasteiger partial charge in [-0.3, -0.25) is 4.79 Å². The Bertz CT molecular complexity index is 965. The molecule has 0 aliphatic rings. The average Bonchev–Trinajstić information content (AvgIpc) is 2.63. The lowest BCUT2D eigenvalue weighted by molar-refractivity contribution is 0.218. The van der Waals surface area contributed by atoms with Gasteiger partial charge in [-0.1, -0.05) is 47.5 Å². The normalized spacial score (nSPS) is 12.0. The Morgan fingerprint density at radius 2 is 1.77 bits per heavy atom. The first kappa shape index (κ1) is 18.5. The lowest BCUT2D eigenvalue weighted by Gasteiger charge is -2.16. The Hall–Kier alpha value is -2.27. The summed E-state index contributed by atoms with van der Waals surface area (Å²) in [6, 6.07) is 14.0. The molecule has 0 aliphatic heterocycles. The van der Waals surface area contributed by atoms with Crippen LogP contribution < -0.4 is 10.2 Å². The fourth-order valence-electron chi connectivity index (χ4n) is 2.81. The third-order valence-corrected chi connectivity index (χ3v) is 4.78. The van der Waals surface area contributed by atoms with Crippen LogP contribution in [0.1, 0.15) is 22.8 Å². The average molecular weight is 390 g/mol. The van der Waals surface area contributed by atoms with E-state index in [-0.39, 0.29) is 11.0 Å². The second-order valence-corrected chi connectivity index (χ2v) is 6.60. The molecule has 0 bridgehead atoms. The number of pyridine rings is 1. The van der Waals surface area contributed by atoms with E-state index in [9.17, 15) is 9.90 Å². The molecule has 3 rings (SSSR count). The molecule has 26 heavy (non-hydrogen) atoms. The molecular weight excluding hydrogens is 373 g/mol. The Labute approximate surface area is 161 Å². The molecule has 0 radical (unpaired) electrons. The summed E-state index contributed by atoms with van der Waals surface area (Å²) in [5, 5.41) is 11.3. The SMILES string of the molecule is COc1ccccc1Cn1ccc(=O)c(C(O)c2c(Cl)cccc2Cl)c1. The van der Waals surface area contributed by atoms with Crippen LogP contribution in [0.15, 0.2) is 65.7 Å². The van der Waals surface area contributed by atoms with Gasteiger partial charge >= 0.3 is 0 Å². The molecule has 1 aromatic heterocycles. The van der Waals surface area contributed by atoms with Gasteiger partial charge in [0, 0.05) is 45.2 Å². The molecule has 0 aliphatic carbocycles.